The maximum Gasteiger partial charge on any atom is 0.306 e. The minimum atomic E-state index is -0.782. The number of carbonyl (C=O) groups excluding carboxylic acids is 1. The van der Waals surface area contributed by atoms with Crippen LogP contribution in [-0.4, -0.2) is 29.1 Å². The van der Waals surface area contributed by atoms with E-state index in [1.54, 1.807) is 0 Å². The van der Waals surface area contributed by atoms with E-state index >= 15 is 0 Å². The van der Waals surface area contributed by atoms with Crippen molar-refractivity contribution in [2.45, 2.75) is 37.8 Å². The van der Waals surface area contributed by atoms with Gasteiger partial charge >= 0.3 is 5.97 Å². The van der Waals surface area contributed by atoms with Gasteiger partial charge in [-0.1, -0.05) is 30.3 Å². The van der Waals surface area contributed by atoms with Gasteiger partial charge in [0.15, 0.2) is 0 Å². The molecule has 20 heavy (non-hydrogen) atoms. The largest absolute Gasteiger partial charge is 0.481 e. The highest BCUT2D eigenvalue weighted by molar-refractivity contribution is 5.82. The first-order valence-electron chi connectivity index (χ1n) is 6.89. The molecule has 5 heteroatoms. The summed E-state index contributed by atoms with van der Waals surface area (Å²) >= 11 is 0. The molecule has 1 aromatic rings. The molecule has 5 nitrogen and oxygen atoms in total. The lowest BCUT2D eigenvalue weighted by Gasteiger charge is -2.17. The van der Waals surface area contributed by atoms with Crippen molar-refractivity contribution >= 4 is 11.9 Å². The third-order valence-electron chi connectivity index (χ3n) is 3.76. The van der Waals surface area contributed by atoms with Crippen LogP contribution in [0.15, 0.2) is 30.3 Å². The molecule has 0 heterocycles. The minimum absolute atomic E-state index is 0.0644. The average Bonchev–Trinajstić information content (AvgIpc) is 2.88. The molecule has 1 amide bonds. The standard InChI is InChI=1S/C15H20N2O3/c16-13(8-10-4-2-1-3-5-10)14(18)17-12-7-6-11(9-12)15(19)20/h1-5,11-13H,6-9,16H2,(H,17,18)(H,19,20)/t11?,12?,13-/m0/s1. The summed E-state index contributed by atoms with van der Waals surface area (Å²) in [7, 11) is 0. The SMILES string of the molecule is N[C@@H](Cc1ccccc1)C(=O)NC1CCC(C(=O)O)C1. The zero-order valence-electron chi connectivity index (χ0n) is 11.3. The van der Waals surface area contributed by atoms with Gasteiger partial charge in [0, 0.05) is 6.04 Å². The molecular formula is C15H20N2O3. The highest BCUT2D eigenvalue weighted by Gasteiger charge is 2.31. The molecule has 1 aliphatic rings. The normalized spacial score (nSPS) is 23.2. The van der Waals surface area contributed by atoms with Crippen LogP contribution in [-0.2, 0) is 16.0 Å². The molecule has 0 spiro atoms. The van der Waals surface area contributed by atoms with Gasteiger partial charge in [0.2, 0.25) is 5.91 Å². The number of rotatable bonds is 5. The van der Waals surface area contributed by atoms with E-state index < -0.39 is 12.0 Å². The van der Waals surface area contributed by atoms with Crippen molar-refractivity contribution in [3.05, 3.63) is 35.9 Å². The molecule has 1 aromatic carbocycles. The Morgan fingerprint density at radius 1 is 1.30 bits per heavy atom. The number of amides is 1. The third-order valence-corrected chi connectivity index (χ3v) is 3.76. The predicted octanol–water partition coefficient (Wildman–Crippen LogP) is 0.926. The second-order valence-corrected chi connectivity index (χ2v) is 5.35. The lowest BCUT2D eigenvalue weighted by Crippen LogP contribution is -2.45. The van der Waals surface area contributed by atoms with Crippen LogP contribution in [0.4, 0.5) is 0 Å². The molecule has 0 bridgehead atoms. The first kappa shape index (κ1) is 14.5. The smallest absolute Gasteiger partial charge is 0.306 e. The summed E-state index contributed by atoms with van der Waals surface area (Å²) in [5.41, 5.74) is 6.91. The van der Waals surface area contributed by atoms with Gasteiger partial charge in [-0.25, -0.2) is 0 Å². The van der Waals surface area contributed by atoms with Crippen molar-refractivity contribution in [1.82, 2.24) is 5.32 Å². The van der Waals surface area contributed by atoms with Gasteiger partial charge in [-0.3, -0.25) is 9.59 Å². The highest BCUT2D eigenvalue weighted by Crippen LogP contribution is 2.25. The number of carboxylic acid groups (broad SMARTS) is 1. The van der Waals surface area contributed by atoms with Crippen LogP contribution in [0.25, 0.3) is 0 Å². The monoisotopic (exact) mass is 276 g/mol. The molecule has 4 N–H and O–H groups in total. The van der Waals surface area contributed by atoms with Crippen LogP contribution in [0.2, 0.25) is 0 Å². The number of hydrogen-bond acceptors (Lipinski definition) is 3. The summed E-state index contributed by atoms with van der Waals surface area (Å²) in [6.07, 6.45) is 2.32. The fourth-order valence-electron chi connectivity index (χ4n) is 2.61. The van der Waals surface area contributed by atoms with Gasteiger partial charge in [0.25, 0.3) is 0 Å². The van der Waals surface area contributed by atoms with E-state index in [4.69, 9.17) is 10.8 Å². The van der Waals surface area contributed by atoms with E-state index in [0.29, 0.717) is 25.7 Å². The van der Waals surface area contributed by atoms with Crippen LogP contribution in [0.3, 0.4) is 0 Å². The molecule has 108 valence electrons. The van der Waals surface area contributed by atoms with E-state index in [0.717, 1.165) is 5.56 Å². The summed E-state index contributed by atoms with van der Waals surface area (Å²) in [5.74, 6) is -1.33. The van der Waals surface area contributed by atoms with E-state index in [1.165, 1.54) is 0 Å². The molecule has 1 fully saturated rings. The quantitative estimate of drug-likeness (QED) is 0.746. The van der Waals surface area contributed by atoms with Crippen molar-refractivity contribution < 1.29 is 14.7 Å². The van der Waals surface area contributed by atoms with Crippen LogP contribution in [0.5, 0.6) is 0 Å². The third kappa shape index (κ3) is 3.81. The molecule has 1 aliphatic carbocycles. The number of carbonyl (C=O) groups is 2. The maximum absolute atomic E-state index is 12.0. The van der Waals surface area contributed by atoms with Crippen molar-refractivity contribution in [2.75, 3.05) is 0 Å². The second kappa shape index (κ2) is 6.52. The van der Waals surface area contributed by atoms with E-state index in [9.17, 15) is 9.59 Å². The molecule has 0 saturated heterocycles. The van der Waals surface area contributed by atoms with Crippen molar-refractivity contribution in [2.24, 2.45) is 11.7 Å². The first-order chi connectivity index (χ1) is 9.56. The molecule has 0 aliphatic heterocycles. The van der Waals surface area contributed by atoms with E-state index in [-0.39, 0.29) is 17.9 Å². The Labute approximate surface area is 118 Å². The Hall–Kier alpha value is -1.88. The number of aliphatic carboxylic acids is 1. The van der Waals surface area contributed by atoms with Gasteiger partial charge in [0.05, 0.1) is 12.0 Å². The van der Waals surface area contributed by atoms with Crippen molar-refractivity contribution in [3.63, 3.8) is 0 Å². The van der Waals surface area contributed by atoms with Crippen molar-refractivity contribution in [3.8, 4) is 0 Å². The Morgan fingerprint density at radius 2 is 2.00 bits per heavy atom. The van der Waals surface area contributed by atoms with E-state index in [2.05, 4.69) is 5.32 Å². The van der Waals surface area contributed by atoms with Gasteiger partial charge < -0.3 is 16.2 Å². The topological polar surface area (TPSA) is 92.4 Å². The van der Waals surface area contributed by atoms with Gasteiger partial charge in [-0.05, 0) is 31.2 Å². The maximum atomic E-state index is 12.0. The Bertz CT molecular complexity index is 475. The van der Waals surface area contributed by atoms with Crippen LogP contribution in [0, 0.1) is 5.92 Å². The molecule has 0 aromatic heterocycles. The van der Waals surface area contributed by atoms with Crippen LogP contribution in [0.1, 0.15) is 24.8 Å². The lowest BCUT2D eigenvalue weighted by atomic mass is 10.1. The van der Waals surface area contributed by atoms with E-state index in [1.807, 2.05) is 30.3 Å². The lowest BCUT2D eigenvalue weighted by molar-refractivity contribution is -0.141. The first-order valence-corrected chi connectivity index (χ1v) is 6.89. The number of carboxylic acids is 1. The molecule has 2 unspecified atom stereocenters. The average molecular weight is 276 g/mol. The molecule has 1 saturated carbocycles. The Balaban J connectivity index is 1.81. The Morgan fingerprint density at radius 3 is 2.60 bits per heavy atom. The number of benzene rings is 1. The minimum Gasteiger partial charge on any atom is -0.481 e. The number of nitrogens with two attached hydrogens (primary N) is 1. The fourth-order valence-corrected chi connectivity index (χ4v) is 2.61. The zero-order chi connectivity index (χ0) is 14.5. The number of hydrogen-bond donors (Lipinski definition) is 3. The molecule has 2 rings (SSSR count). The Kier molecular flexibility index (Phi) is 4.74. The second-order valence-electron chi connectivity index (χ2n) is 5.35. The molecule has 0 radical (unpaired) electrons. The zero-order valence-corrected chi connectivity index (χ0v) is 11.3. The van der Waals surface area contributed by atoms with Gasteiger partial charge in [0.1, 0.15) is 0 Å². The fraction of sp³-hybridized carbons (Fsp3) is 0.467. The van der Waals surface area contributed by atoms with Crippen LogP contribution >= 0.6 is 0 Å². The summed E-state index contributed by atoms with van der Waals surface area (Å²) < 4.78 is 0. The number of nitrogens with one attached hydrogen (secondary N) is 1. The van der Waals surface area contributed by atoms with Gasteiger partial charge in [-0.15, -0.1) is 0 Å². The summed E-state index contributed by atoms with van der Waals surface area (Å²) in [6, 6.07) is 8.95. The predicted molar refractivity (Wildman–Crippen MR) is 75.0 cm³/mol. The highest BCUT2D eigenvalue weighted by atomic mass is 16.4. The molecular weight excluding hydrogens is 256 g/mol. The summed E-state index contributed by atoms with van der Waals surface area (Å²) in [6.45, 7) is 0. The van der Waals surface area contributed by atoms with Gasteiger partial charge in [-0.2, -0.15) is 0 Å². The summed E-state index contributed by atoms with van der Waals surface area (Å²) in [5, 5.41) is 11.8. The molecule has 3 atom stereocenters. The van der Waals surface area contributed by atoms with Crippen molar-refractivity contribution in [1.29, 1.82) is 0 Å². The van der Waals surface area contributed by atoms with Crippen LogP contribution < -0.4 is 11.1 Å². The summed E-state index contributed by atoms with van der Waals surface area (Å²) in [4.78, 5) is 22.9.